The Morgan fingerprint density at radius 1 is 0.462 bits per heavy atom. The van der Waals surface area contributed by atoms with Crippen LogP contribution < -0.4 is 0 Å². The van der Waals surface area contributed by atoms with Gasteiger partial charge in [-0.2, -0.15) is 0 Å². The zero-order valence-electron chi connectivity index (χ0n) is 34.1. The Hall–Kier alpha value is -2.40. The molecule has 0 saturated carbocycles. The molecule has 0 bridgehead atoms. The van der Waals surface area contributed by atoms with Gasteiger partial charge < -0.3 is 14.6 Å². The number of allylic oxidation sites excluding steroid dienone is 10. The van der Waals surface area contributed by atoms with Crippen molar-refractivity contribution in [2.75, 3.05) is 13.2 Å². The molecule has 0 fully saturated rings. The largest absolute Gasteiger partial charge is 0.462 e. The van der Waals surface area contributed by atoms with E-state index in [1.807, 2.05) is 0 Å². The lowest BCUT2D eigenvalue weighted by Crippen LogP contribution is -2.28. The van der Waals surface area contributed by atoms with Gasteiger partial charge in [-0.25, -0.2) is 0 Å². The second kappa shape index (κ2) is 43.0. The molecule has 52 heavy (non-hydrogen) atoms. The molecule has 0 saturated heterocycles. The summed E-state index contributed by atoms with van der Waals surface area (Å²) in [6.07, 6.45) is 55.8. The van der Waals surface area contributed by atoms with Gasteiger partial charge in [0.25, 0.3) is 0 Å². The van der Waals surface area contributed by atoms with Crippen LogP contribution in [0, 0.1) is 0 Å². The highest BCUT2D eigenvalue weighted by Crippen LogP contribution is 2.14. The number of aliphatic hydroxyl groups is 1. The van der Waals surface area contributed by atoms with E-state index in [2.05, 4.69) is 74.6 Å². The molecular weight excluding hydrogens is 645 g/mol. The molecule has 1 N–H and O–H groups in total. The van der Waals surface area contributed by atoms with Crippen molar-refractivity contribution in [2.24, 2.45) is 0 Å². The molecule has 0 heterocycles. The lowest BCUT2D eigenvalue weighted by molar-refractivity contribution is -0.161. The van der Waals surface area contributed by atoms with Crippen molar-refractivity contribution < 1.29 is 24.2 Å². The van der Waals surface area contributed by atoms with E-state index in [-0.39, 0.29) is 25.2 Å². The number of aliphatic hydroxyl groups excluding tert-OH is 1. The SMILES string of the molecule is CCC=CCC=CCC=CCC=CCCCCCCC(=O)OCC(CO)OC(=O)CCCCCCCCCCCCCC=CCCCCCCCC. The quantitative estimate of drug-likeness (QED) is 0.0388. The zero-order chi connectivity index (χ0) is 37.8. The summed E-state index contributed by atoms with van der Waals surface area (Å²) in [5, 5.41) is 9.58. The molecule has 1 unspecified atom stereocenters. The topological polar surface area (TPSA) is 72.8 Å². The van der Waals surface area contributed by atoms with Gasteiger partial charge in [-0.15, -0.1) is 0 Å². The van der Waals surface area contributed by atoms with Crippen molar-refractivity contribution in [2.45, 2.75) is 213 Å². The van der Waals surface area contributed by atoms with E-state index in [9.17, 15) is 14.7 Å². The highest BCUT2D eigenvalue weighted by Gasteiger charge is 2.16. The van der Waals surface area contributed by atoms with Gasteiger partial charge in [0.2, 0.25) is 0 Å². The molecule has 0 aliphatic carbocycles. The fraction of sp³-hybridized carbons (Fsp3) is 0.745. The number of hydrogen-bond acceptors (Lipinski definition) is 5. The predicted molar refractivity (Wildman–Crippen MR) is 223 cm³/mol. The fourth-order valence-corrected chi connectivity index (χ4v) is 6.01. The van der Waals surface area contributed by atoms with Crippen LogP contribution in [-0.2, 0) is 19.1 Å². The maximum absolute atomic E-state index is 12.2. The summed E-state index contributed by atoms with van der Waals surface area (Å²) in [7, 11) is 0. The second-order valence-corrected chi connectivity index (χ2v) is 14.4. The summed E-state index contributed by atoms with van der Waals surface area (Å²) < 4.78 is 10.6. The van der Waals surface area contributed by atoms with Gasteiger partial charge >= 0.3 is 11.9 Å². The molecule has 0 spiro atoms. The summed E-state index contributed by atoms with van der Waals surface area (Å²) in [4.78, 5) is 24.3. The zero-order valence-corrected chi connectivity index (χ0v) is 34.1. The third kappa shape index (κ3) is 40.4. The van der Waals surface area contributed by atoms with Crippen molar-refractivity contribution in [3.05, 3.63) is 60.8 Å². The summed E-state index contributed by atoms with van der Waals surface area (Å²) in [6, 6.07) is 0. The number of ether oxygens (including phenoxy) is 2. The molecule has 0 aliphatic heterocycles. The van der Waals surface area contributed by atoms with Crippen LogP contribution in [0.1, 0.15) is 206 Å². The molecule has 0 aromatic carbocycles. The Labute approximate surface area is 321 Å². The van der Waals surface area contributed by atoms with E-state index in [0.717, 1.165) is 77.0 Å². The first-order valence-electron chi connectivity index (χ1n) is 21.8. The minimum Gasteiger partial charge on any atom is -0.462 e. The predicted octanol–water partition coefficient (Wildman–Crippen LogP) is 14.0. The molecule has 300 valence electrons. The van der Waals surface area contributed by atoms with E-state index in [0.29, 0.717) is 12.8 Å². The smallest absolute Gasteiger partial charge is 0.306 e. The lowest BCUT2D eigenvalue weighted by Gasteiger charge is -2.15. The molecule has 0 aromatic rings. The van der Waals surface area contributed by atoms with Crippen molar-refractivity contribution in [3.63, 3.8) is 0 Å². The van der Waals surface area contributed by atoms with Crippen LogP contribution in [0.2, 0.25) is 0 Å². The molecule has 0 aromatic heterocycles. The highest BCUT2D eigenvalue weighted by molar-refractivity contribution is 5.70. The number of hydrogen-bond donors (Lipinski definition) is 1. The third-order valence-electron chi connectivity index (χ3n) is 9.30. The molecule has 1 atom stereocenters. The lowest BCUT2D eigenvalue weighted by atomic mass is 10.0. The first-order valence-corrected chi connectivity index (χ1v) is 21.8. The molecule has 0 radical (unpaired) electrons. The normalized spacial score (nSPS) is 12.8. The summed E-state index contributed by atoms with van der Waals surface area (Å²) in [5.41, 5.74) is 0. The number of unbranched alkanes of at least 4 members (excludes halogenated alkanes) is 21. The molecule has 0 aliphatic rings. The Balaban J connectivity index is 3.57. The Bertz CT molecular complexity index is 915. The minimum absolute atomic E-state index is 0.0801. The van der Waals surface area contributed by atoms with Gasteiger partial charge in [-0.05, 0) is 77.0 Å². The van der Waals surface area contributed by atoms with Gasteiger partial charge in [0.1, 0.15) is 6.61 Å². The Morgan fingerprint density at radius 2 is 0.827 bits per heavy atom. The first kappa shape index (κ1) is 49.6. The highest BCUT2D eigenvalue weighted by atomic mass is 16.6. The van der Waals surface area contributed by atoms with Gasteiger partial charge in [-0.1, -0.05) is 177 Å². The molecule has 0 amide bonds. The summed E-state index contributed by atoms with van der Waals surface area (Å²) >= 11 is 0. The standard InChI is InChI=1S/C47H82O5/c1-3-5-7-9-11-13-15-17-19-21-22-23-24-26-28-30-32-34-36-38-40-42-47(50)52-45(43-48)44-51-46(49)41-39-37-35-33-31-29-27-25-20-18-16-14-12-10-8-6-4-2/h6,8,12,14,17-20,27,29,45,48H,3-5,7,9-11,13,15-16,21-26,28,30-44H2,1-2H3. The van der Waals surface area contributed by atoms with Crippen molar-refractivity contribution in [3.8, 4) is 0 Å². The van der Waals surface area contributed by atoms with Crippen LogP contribution in [0.25, 0.3) is 0 Å². The minimum atomic E-state index is -0.783. The summed E-state index contributed by atoms with van der Waals surface area (Å²) in [6.45, 7) is 4.00. The van der Waals surface area contributed by atoms with Gasteiger partial charge in [0, 0.05) is 12.8 Å². The maximum atomic E-state index is 12.2. The van der Waals surface area contributed by atoms with Crippen LogP contribution in [0.4, 0.5) is 0 Å². The van der Waals surface area contributed by atoms with Crippen LogP contribution in [0.3, 0.4) is 0 Å². The fourth-order valence-electron chi connectivity index (χ4n) is 6.01. The van der Waals surface area contributed by atoms with Gasteiger partial charge in [0.15, 0.2) is 6.10 Å². The van der Waals surface area contributed by atoms with Crippen molar-refractivity contribution >= 4 is 11.9 Å². The molecular formula is C47H82O5. The number of carbonyl (C=O) groups is 2. The van der Waals surface area contributed by atoms with E-state index in [4.69, 9.17) is 9.47 Å². The molecule has 0 rings (SSSR count). The van der Waals surface area contributed by atoms with Crippen LogP contribution >= 0.6 is 0 Å². The molecule has 5 nitrogen and oxygen atoms in total. The van der Waals surface area contributed by atoms with Crippen LogP contribution in [-0.4, -0.2) is 36.4 Å². The van der Waals surface area contributed by atoms with E-state index < -0.39 is 6.10 Å². The van der Waals surface area contributed by atoms with Crippen molar-refractivity contribution in [1.82, 2.24) is 0 Å². The molecule has 5 heteroatoms. The monoisotopic (exact) mass is 727 g/mol. The maximum Gasteiger partial charge on any atom is 0.306 e. The van der Waals surface area contributed by atoms with Gasteiger partial charge in [-0.3, -0.25) is 9.59 Å². The summed E-state index contributed by atoms with van der Waals surface area (Å²) in [5.74, 6) is -0.619. The van der Waals surface area contributed by atoms with Crippen LogP contribution in [0.15, 0.2) is 60.8 Å². The second-order valence-electron chi connectivity index (χ2n) is 14.4. The van der Waals surface area contributed by atoms with E-state index >= 15 is 0 Å². The first-order chi connectivity index (χ1) is 25.6. The van der Waals surface area contributed by atoms with Crippen LogP contribution in [0.5, 0.6) is 0 Å². The van der Waals surface area contributed by atoms with E-state index in [1.54, 1.807) is 0 Å². The average Bonchev–Trinajstić information content (AvgIpc) is 3.15. The Morgan fingerprint density at radius 3 is 1.27 bits per heavy atom. The number of carbonyl (C=O) groups excluding carboxylic acids is 2. The third-order valence-corrected chi connectivity index (χ3v) is 9.30. The Kier molecular flexibility index (Phi) is 41.0. The van der Waals surface area contributed by atoms with E-state index in [1.165, 1.54) is 103 Å². The van der Waals surface area contributed by atoms with Gasteiger partial charge in [0.05, 0.1) is 6.61 Å². The average molecular weight is 727 g/mol. The van der Waals surface area contributed by atoms with Crippen molar-refractivity contribution in [1.29, 1.82) is 0 Å². The number of rotatable bonds is 39. The number of esters is 2.